The van der Waals surface area contributed by atoms with E-state index in [1.807, 2.05) is 42.6 Å². The zero-order valence-corrected chi connectivity index (χ0v) is 12.3. The van der Waals surface area contributed by atoms with Crippen molar-refractivity contribution in [2.24, 2.45) is 0 Å². The average Bonchev–Trinajstić information content (AvgIpc) is 2.89. The molecule has 0 spiro atoms. The molecule has 2 aromatic carbocycles. The number of carboxylic acids is 1. The Morgan fingerprint density at radius 2 is 1.95 bits per heavy atom. The van der Waals surface area contributed by atoms with E-state index in [1.165, 1.54) is 16.9 Å². The van der Waals surface area contributed by atoms with Crippen LogP contribution in [0.25, 0.3) is 10.1 Å². The van der Waals surface area contributed by atoms with Gasteiger partial charge in [-0.15, -0.1) is 11.3 Å². The van der Waals surface area contributed by atoms with Crippen LogP contribution in [0.3, 0.4) is 0 Å². The lowest BCUT2D eigenvalue weighted by molar-refractivity contribution is 0.0697. The van der Waals surface area contributed by atoms with Crippen LogP contribution >= 0.6 is 11.3 Å². The predicted octanol–water partition coefficient (Wildman–Crippen LogP) is 4.49. The number of ether oxygens (including phenoxy) is 1. The van der Waals surface area contributed by atoms with Gasteiger partial charge in [0.2, 0.25) is 0 Å². The highest BCUT2D eigenvalue weighted by atomic mass is 32.1. The van der Waals surface area contributed by atoms with Crippen molar-refractivity contribution >= 4 is 27.4 Å². The summed E-state index contributed by atoms with van der Waals surface area (Å²) in [6.07, 6.45) is 0. The van der Waals surface area contributed by atoms with Gasteiger partial charge < -0.3 is 9.84 Å². The molecule has 21 heavy (non-hydrogen) atoms. The van der Waals surface area contributed by atoms with Crippen molar-refractivity contribution in [1.29, 1.82) is 0 Å². The minimum Gasteiger partial charge on any atom is -0.489 e. The van der Waals surface area contributed by atoms with Gasteiger partial charge in [0.1, 0.15) is 12.4 Å². The molecule has 1 aromatic heterocycles. The van der Waals surface area contributed by atoms with E-state index in [-0.39, 0.29) is 0 Å². The third-order valence-corrected chi connectivity index (χ3v) is 4.31. The molecule has 0 aliphatic carbocycles. The number of fused-ring (bicyclic) bond motifs is 1. The van der Waals surface area contributed by atoms with Crippen LogP contribution in [0.5, 0.6) is 5.75 Å². The van der Waals surface area contributed by atoms with E-state index < -0.39 is 5.97 Å². The number of hydrogen-bond donors (Lipinski definition) is 1. The van der Waals surface area contributed by atoms with Gasteiger partial charge in [-0.05, 0) is 42.0 Å². The summed E-state index contributed by atoms with van der Waals surface area (Å²) in [4.78, 5) is 11.0. The number of thiophene rings is 1. The first-order chi connectivity index (χ1) is 10.1. The minimum absolute atomic E-state index is 0.315. The zero-order chi connectivity index (χ0) is 14.8. The molecule has 0 aliphatic rings. The molecule has 1 N–H and O–H groups in total. The van der Waals surface area contributed by atoms with Gasteiger partial charge in [-0.2, -0.15) is 0 Å². The first-order valence-electron chi connectivity index (χ1n) is 6.56. The lowest BCUT2D eigenvalue weighted by Crippen LogP contribution is -1.96. The first-order valence-corrected chi connectivity index (χ1v) is 7.44. The molecule has 0 aliphatic heterocycles. The topological polar surface area (TPSA) is 46.5 Å². The summed E-state index contributed by atoms with van der Waals surface area (Å²) in [5.74, 6) is -0.0649. The molecule has 0 saturated carbocycles. The quantitative estimate of drug-likeness (QED) is 0.772. The molecule has 0 radical (unpaired) electrons. The van der Waals surface area contributed by atoms with Crippen molar-refractivity contribution in [3.63, 3.8) is 0 Å². The number of aryl methyl sites for hydroxylation is 1. The number of rotatable bonds is 4. The summed E-state index contributed by atoms with van der Waals surface area (Å²) in [6.45, 7) is 2.52. The number of carbonyl (C=O) groups is 1. The molecule has 3 aromatic rings. The van der Waals surface area contributed by atoms with Crippen molar-refractivity contribution in [3.8, 4) is 5.75 Å². The lowest BCUT2D eigenvalue weighted by Gasteiger charge is -2.06. The number of benzene rings is 2. The second-order valence-electron chi connectivity index (χ2n) is 4.88. The molecule has 0 amide bonds. The maximum atomic E-state index is 11.0. The van der Waals surface area contributed by atoms with E-state index in [0.717, 1.165) is 21.4 Å². The van der Waals surface area contributed by atoms with E-state index in [4.69, 9.17) is 9.84 Å². The van der Waals surface area contributed by atoms with E-state index >= 15 is 0 Å². The second kappa shape index (κ2) is 5.58. The maximum Gasteiger partial charge on any atom is 0.335 e. The summed E-state index contributed by atoms with van der Waals surface area (Å²) in [5, 5.41) is 12.1. The van der Waals surface area contributed by atoms with Crippen molar-refractivity contribution in [2.45, 2.75) is 13.5 Å². The summed E-state index contributed by atoms with van der Waals surface area (Å²) in [7, 11) is 0. The van der Waals surface area contributed by atoms with Crippen LogP contribution in [0.15, 0.2) is 47.8 Å². The fraction of sp³-hybridized carbons (Fsp3) is 0.118. The monoisotopic (exact) mass is 298 g/mol. The predicted molar refractivity (Wildman–Crippen MR) is 84.3 cm³/mol. The summed E-state index contributed by atoms with van der Waals surface area (Å²) >= 11 is 1.54. The number of hydrogen-bond acceptors (Lipinski definition) is 3. The number of aromatic carboxylic acids is 1. The lowest BCUT2D eigenvalue weighted by atomic mass is 10.1. The van der Waals surface area contributed by atoms with Crippen molar-refractivity contribution in [2.75, 3.05) is 0 Å². The summed E-state index contributed by atoms with van der Waals surface area (Å²) < 4.78 is 6.75. The Balaban J connectivity index is 1.81. The SMILES string of the molecule is Cc1ccc(OCc2csc3cc(C(=O)O)ccc23)cc1. The number of carboxylic acid groups (broad SMARTS) is 1. The Morgan fingerprint density at radius 3 is 2.67 bits per heavy atom. The fourth-order valence-corrected chi connectivity index (χ4v) is 3.11. The largest absolute Gasteiger partial charge is 0.489 e. The standard InChI is InChI=1S/C17H14O3S/c1-11-2-5-14(6-3-11)20-9-13-10-21-16-8-12(17(18)19)4-7-15(13)16/h2-8,10H,9H2,1H3,(H,18,19). The van der Waals surface area contributed by atoms with Gasteiger partial charge in [0.05, 0.1) is 5.56 Å². The molecule has 3 rings (SSSR count). The van der Waals surface area contributed by atoms with Gasteiger partial charge in [-0.1, -0.05) is 23.8 Å². The van der Waals surface area contributed by atoms with E-state index in [9.17, 15) is 4.79 Å². The van der Waals surface area contributed by atoms with Gasteiger partial charge >= 0.3 is 5.97 Å². The van der Waals surface area contributed by atoms with Crippen LogP contribution in [-0.2, 0) is 6.61 Å². The smallest absolute Gasteiger partial charge is 0.335 e. The highest BCUT2D eigenvalue weighted by Gasteiger charge is 2.09. The molecule has 3 nitrogen and oxygen atoms in total. The molecule has 0 atom stereocenters. The maximum absolute atomic E-state index is 11.0. The Kier molecular flexibility index (Phi) is 3.62. The van der Waals surface area contributed by atoms with Crippen LogP contribution in [0.1, 0.15) is 21.5 Å². The van der Waals surface area contributed by atoms with Crippen LogP contribution < -0.4 is 4.74 Å². The Bertz CT molecular complexity index is 787. The van der Waals surface area contributed by atoms with E-state index in [1.54, 1.807) is 12.1 Å². The molecular formula is C17H14O3S. The van der Waals surface area contributed by atoms with Gasteiger partial charge in [-0.3, -0.25) is 0 Å². The van der Waals surface area contributed by atoms with Crippen molar-refractivity contribution in [3.05, 3.63) is 64.5 Å². The first kappa shape index (κ1) is 13.6. The van der Waals surface area contributed by atoms with Gasteiger partial charge in [0, 0.05) is 10.3 Å². The summed E-state index contributed by atoms with van der Waals surface area (Å²) in [5.41, 5.74) is 2.59. The minimum atomic E-state index is -0.900. The molecule has 106 valence electrons. The van der Waals surface area contributed by atoms with Crippen LogP contribution in [0.2, 0.25) is 0 Å². The Labute approximate surface area is 126 Å². The average molecular weight is 298 g/mol. The molecule has 0 saturated heterocycles. The second-order valence-corrected chi connectivity index (χ2v) is 5.79. The molecule has 1 heterocycles. The van der Waals surface area contributed by atoms with Crippen molar-refractivity contribution < 1.29 is 14.6 Å². The summed E-state index contributed by atoms with van der Waals surface area (Å²) in [6, 6.07) is 13.1. The third-order valence-electron chi connectivity index (χ3n) is 3.32. The highest BCUT2D eigenvalue weighted by molar-refractivity contribution is 7.17. The zero-order valence-electron chi connectivity index (χ0n) is 11.5. The van der Waals surface area contributed by atoms with Crippen LogP contribution in [-0.4, -0.2) is 11.1 Å². The molecule has 0 bridgehead atoms. The van der Waals surface area contributed by atoms with Gasteiger partial charge in [0.25, 0.3) is 0 Å². The molecule has 0 unspecified atom stereocenters. The van der Waals surface area contributed by atoms with Crippen molar-refractivity contribution in [1.82, 2.24) is 0 Å². The van der Waals surface area contributed by atoms with Gasteiger partial charge in [0.15, 0.2) is 0 Å². The molecule has 4 heteroatoms. The van der Waals surface area contributed by atoms with E-state index in [0.29, 0.717) is 12.2 Å². The third kappa shape index (κ3) is 2.90. The van der Waals surface area contributed by atoms with Gasteiger partial charge in [-0.25, -0.2) is 4.79 Å². The molecular weight excluding hydrogens is 284 g/mol. The fourth-order valence-electron chi connectivity index (χ4n) is 2.12. The van der Waals surface area contributed by atoms with Crippen LogP contribution in [0.4, 0.5) is 0 Å². The van der Waals surface area contributed by atoms with E-state index in [2.05, 4.69) is 0 Å². The van der Waals surface area contributed by atoms with Crippen LogP contribution in [0, 0.1) is 6.92 Å². The highest BCUT2D eigenvalue weighted by Crippen LogP contribution is 2.28. The Morgan fingerprint density at radius 1 is 1.19 bits per heavy atom. The Hall–Kier alpha value is -2.33. The molecule has 0 fully saturated rings. The normalized spacial score (nSPS) is 10.7.